The average Bonchev–Trinajstić information content (AvgIpc) is 2.91. The van der Waals surface area contributed by atoms with Gasteiger partial charge in [0, 0.05) is 18.7 Å². The molecular weight excluding hydrogens is 244 g/mol. The zero-order valence-corrected chi connectivity index (χ0v) is 10.5. The molecule has 2 aromatic rings. The summed E-state index contributed by atoms with van der Waals surface area (Å²) >= 11 is 0. The lowest BCUT2D eigenvalue weighted by molar-refractivity contribution is -0.119. The van der Waals surface area contributed by atoms with Crippen molar-refractivity contribution in [1.82, 2.24) is 5.32 Å². The van der Waals surface area contributed by atoms with Crippen molar-refractivity contribution in [2.24, 2.45) is 5.73 Å². The molecule has 0 aliphatic carbocycles. The first-order valence-corrected chi connectivity index (χ1v) is 5.96. The molecule has 0 aliphatic heterocycles. The van der Waals surface area contributed by atoms with Crippen molar-refractivity contribution >= 4 is 5.91 Å². The number of amides is 1. The zero-order chi connectivity index (χ0) is 13.5. The predicted molar refractivity (Wildman–Crippen MR) is 70.4 cm³/mol. The number of primary amides is 1. The van der Waals surface area contributed by atoms with E-state index in [2.05, 4.69) is 5.32 Å². The number of carbonyl (C=O) groups is 1. The van der Waals surface area contributed by atoms with Crippen molar-refractivity contribution < 1.29 is 13.9 Å². The number of hydrogen-bond acceptors (Lipinski definition) is 4. The van der Waals surface area contributed by atoms with Crippen LogP contribution in [0.3, 0.4) is 0 Å². The fourth-order valence-corrected chi connectivity index (χ4v) is 1.60. The predicted octanol–water partition coefficient (Wildman–Crippen LogP) is 1.43. The monoisotopic (exact) mass is 260 g/mol. The van der Waals surface area contributed by atoms with Gasteiger partial charge in [-0.1, -0.05) is 12.1 Å². The van der Waals surface area contributed by atoms with E-state index in [9.17, 15) is 4.79 Å². The van der Waals surface area contributed by atoms with Crippen LogP contribution in [0.25, 0.3) is 0 Å². The summed E-state index contributed by atoms with van der Waals surface area (Å²) in [5.74, 6) is 0.156. The van der Waals surface area contributed by atoms with Crippen LogP contribution < -0.4 is 15.8 Å². The van der Waals surface area contributed by atoms with Crippen LogP contribution in [-0.4, -0.2) is 12.5 Å². The maximum Gasteiger partial charge on any atom is 0.255 e. The molecule has 0 saturated heterocycles. The summed E-state index contributed by atoms with van der Waals surface area (Å²) in [5.41, 5.74) is 7.25. The van der Waals surface area contributed by atoms with Crippen molar-refractivity contribution in [2.45, 2.75) is 13.1 Å². The molecule has 0 bridgehead atoms. The highest BCUT2D eigenvalue weighted by molar-refractivity contribution is 5.75. The van der Waals surface area contributed by atoms with Gasteiger partial charge >= 0.3 is 0 Å². The molecule has 0 fully saturated rings. The van der Waals surface area contributed by atoms with E-state index in [1.807, 2.05) is 30.3 Å². The Morgan fingerprint density at radius 1 is 1.16 bits per heavy atom. The Hall–Kier alpha value is -2.27. The molecule has 0 spiro atoms. The van der Waals surface area contributed by atoms with E-state index in [1.165, 1.54) is 0 Å². The van der Waals surface area contributed by atoms with Crippen LogP contribution in [0.1, 0.15) is 11.1 Å². The normalized spacial score (nSPS) is 10.3. The molecule has 0 unspecified atom stereocenters. The van der Waals surface area contributed by atoms with Crippen LogP contribution in [0.2, 0.25) is 0 Å². The molecule has 0 radical (unpaired) electrons. The first kappa shape index (κ1) is 13.2. The van der Waals surface area contributed by atoms with E-state index in [0.717, 1.165) is 24.2 Å². The molecule has 1 amide bonds. The zero-order valence-electron chi connectivity index (χ0n) is 10.5. The molecule has 0 atom stereocenters. The summed E-state index contributed by atoms with van der Waals surface area (Å²) in [7, 11) is 0. The number of nitrogens with one attached hydrogen (secondary N) is 1. The number of rotatable bonds is 7. The van der Waals surface area contributed by atoms with Gasteiger partial charge in [-0.15, -0.1) is 0 Å². The van der Waals surface area contributed by atoms with Crippen molar-refractivity contribution in [3.05, 3.63) is 54.0 Å². The lowest BCUT2D eigenvalue weighted by atomic mass is 10.2. The first-order chi connectivity index (χ1) is 9.24. The minimum Gasteiger partial charge on any atom is -0.484 e. The molecule has 19 heavy (non-hydrogen) atoms. The first-order valence-electron chi connectivity index (χ1n) is 5.96. The molecule has 5 nitrogen and oxygen atoms in total. The highest BCUT2D eigenvalue weighted by Gasteiger charge is 1.99. The second-order valence-electron chi connectivity index (χ2n) is 4.13. The Labute approximate surface area is 111 Å². The number of nitrogens with two attached hydrogens (primary N) is 1. The molecule has 0 aliphatic rings. The van der Waals surface area contributed by atoms with Crippen LogP contribution in [0.5, 0.6) is 5.75 Å². The van der Waals surface area contributed by atoms with Gasteiger partial charge in [-0.2, -0.15) is 0 Å². The summed E-state index contributed by atoms with van der Waals surface area (Å²) in [6, 6.07) is 9.45. The van der Waals surface area contributed by atoms with Gasteiger partial charge in [0.2, 0.25) is 0 Å². The molecule has 0 saturated carbocycles. The van der Waals surface area contributed by atoms with Gasteiger partial charge < -0.3 is 20.2 Å². The van der Waals surface area contributed by atoms with Gasteiger partial charge in [0.15, 0.2) is 6.61 Å². The second kappa shape index (κ2) is 6.61. The maximum absolute atomic E-state index is 10.6. The average molecular weight is 260 g/mol. The topological polar surface area (TPSA) is 77.5 Å². The SMILES string of the molecule is NC(=O)COc1ccc(CNCc2ccoc2)cc1. The Bertz CT molecular complexity index is 506. The molecule has 1 heterocycles. The highest BCUT2D eigenvalue weighted by Crippen LogP contribution is 2.12. The van der Waals surface area contributed by atoms with Crippen molar-refractivity contribution in [3.8, 4) is 5.75 Å². The van der Waals surface area contributed by atoms with Crippen molar-refractivity contribution in [2.75, 3.05) is 6.61 Å². The summed E-state index contributed by atoms with van der Waals surface area (Å²) in [4.78, 5) is 10.6. The van der Waals surface area contributed by atoms with Crippen LogP contribution in [0.15, 0.2) is 47.3 Å². The fourth-order valence-electron chi connectivity index (χ4n) is 1.60. The standard InChI is InChI=1S/C14H16N2O3/c15-14(17)10-19-13-3-1-11(2-4-13)7-16-8-12-5-6-18-9-12/h1-6,9,16H,7-8,10H2,(H2,15,17). The van der Waals surface area contributed by atoms with E-state index >= 15 is 0 Å². The molecule has 2 rings (SSSR count). The van der Waals surface area contributed by atoms with Crippen LogP contribution in [0.4, 0.5) is 0 Å². The number of furan rings is 1. The Morgan fingerprint density at radius 3 is 2.53 bits per heavy atom. The van der Waals surface area contributed by atoms with Gasteiger partial charge in [0.1, 0.15) is 5.75 Å². The lowest BCUT2D eigenvalue weighted by Gasteiger charge is -2.06. The number of hydrogen-bond donors (Lipinski definition) is 2. The minimum atomic E-state index is -0.481. The Balaban J connectivity index is 1.76. The Morgan fingerprint density at radius 2 is 1.89 bits per heavy atom. The third-order valence-electron chi connectivity index (χ3n) is 2.54. The fraction of sp³-hybridized carbons (Fsp3) is 0.214. The molecule has 3 N–H and O–H groups in total. The second-order valence-corrected chi connectivity index (χ2v) is 4.13. The third-order valence-corrected chi connectivity index (χ3v) is 2.54. The Kier molecular flexibility index (Phi) is 4.58. The molecule has 5 heteroatoms. The third kappa shape index (κ3) is 4.48. The number of ether oxygens (including phenoxy) is 1. The smallest absolute Gasteiger partial charge is 0.255 e. The van der Waals surface area contributed by atoms with Gasteiger partial charge in [-0.05, 0) is 23.8 Å². The van der Waals surface area contributed by atoms with Crippen molar-refractivity contribution in [1.29, 1.82) is 0 Å². The van der Waals surface area contributed by atoms with Crippen LogP contribution >= 0.6 is 0 Å². The molecular formula is C14H16N2O3. The van der Waals surface area contributed by atoms with E-state index in [-0.39, 0.29) is 6.61 Å². The van der Waals surface area contributed by atoms with Crippen LogP contribution in [0, 0.1) is 0 Å². The summed E-state index contributed by atoms with van der Waals surface area (Å²) in [5, 5.41) is 3.30. The highest BCUT2D eigenvalue weighted by atomic mass is 16.5. The lowest BCUT2D eigenvalue weighted by Crippen LogP contribution is -2.20. The number of carbonyl (C=O) groups excluding carboxylic acids is 1. The van der Waals surface area contributed by atoms with Crippen molar-refractivity contribution in [3.63, 3.8) is 0 Å². The van der Waals surface area contributed by atoms with E-state index in [4.69, 9.17) is 14.9 Å². The van der Waals surface area contributed by atoms with Gasteiger partial charge in [-0.3, -0.25) is 4.79 Å². The quantitative estimate of drug-likeness (QED) is 0.789. The van der Waals surface area contributed by atoms with Gasteiger partial charge in [0.25, 0.3) is 5.91 Å². The van der Waals surface area contributed by atoms with Crippen LogP contribution in [-0.2, 0) is 17.9 Å². The van der Waals surface area contributed by atoms with E-state index in [1.54, 1.807) is 12.5 Å². The van der Waals surface area contributed by atoms with E-state index < -0.39 is 5.91 Å². The van der Waals surface area contributed by atoms with Gasteiger partial charge in [-0.25, -0.2) is 0 Å². The summed E-state index contributed by atoms with van der Waals surface area (Å²) in [6.45, 7) is 1.41. The summed E-state index contributed by atoms with van der Waals surface area (Å²) < 4.78 is 10.2. The molecule has 1 aromatic heterocycles. The molecule has 1 aromatic carbocycles. The largest absolute Gasteiger partial charge is 0.484 e. The molecule has 100 valence electrons. The minimum absolute atomic E-state index is 0.0991. The number of benzene rings is 1. The maximum atomic E-state index is 10.6. The summed E-state index contributed by atoms with van der Waals surface area (Å²) in [6.07, 6.45) is 3.37. The van der Waals surface area contributed by atoms with E-state index in [0.29, 0.717) is 5.75 Å². The van der Waals surface area contributed by atoms with Gasteiger partial charge in [0.05, 0.1) is 12.5 Å².